The summed E-state index contributed by atoms with van der Waals surface area (Å²) in [5.74, 6) is 1.22. The van der Waals surface area contributed by atoms with Crippen LogP contribution in [0.4, 0.5) is 11.4 Å². The van der Waals surface area contributed by atoms with Gasteiger partial charge in [0.15, 0.2) is 6.61 Å². The number of nitriles is 1. The summed E-state index contributed by atoms with van der Waals surface area (Å²) in [6.07, 6.45) is 0. The largest absolute Gasteiger partial charge is 0.497 e. The van der Waals surface area contributed by atoms with Crippen molar-refractivity contribution in [2.24, 2.45) is 0 Å². The fourth-order valence-corrected chi connectivity index (χ4v) is 2.51. The minimum atomic E-state index is -0.206. The lowest BCUT2D eigenvalue weighted by Crippen LogP contribution is -2.38. The van der Waals surface area contributed by atoms with Crippen molar-refractivity contribution in [3.63, 3.8) is 0 Å². The molecule has 1 aliphatic heterocycles. The Morgan fingerprint density at radius 1 is 1.29 bits per heavy atom. The predicted molar refractivity (Wildman–Crippen MR) is 90.2 cm³/mol. The number of benzene rings is 2. The topological polar surface area (TPSA) is 74.6 Å². The molecule has 1 heterocycles. The van der Waals surface area contributed by atoms with Crippen molar-refractivity contribution in [2.75, 3.05) is 30.5 Å². The average Bonchev–Trinajstić information content (AvgIpc) is 2.63. The molecule has 0 atom stereocenters. The van der Waals surface area contributed by atoms with Gasteiger partial charge in [-0.25, -0.2) is 0 Å². The third kappa shape index (κ3) is 3.25. The lowest BCUT2D eigenvalue weighted by Gasteiger charge is -2.27. The first kappa shape index (κ1) is 15.7. The minimum Gasteiger partial charge on any atom is -0.497 e. The fraction of sp³-hybridized carbons (Fsp3) is 0.222. The molecule has 2 aromatic rings. The molecule has 0 unspecified atom stereocenters. The molecule has 3 rings (SSSR count). The minimum absolute atomic E-state index is 0.0216. The number of ether oxygens (including phenoxy) is 2. The summed E-state index contributed by atoms with van der Waals surface area (Å²) in [6.45, 7) is 0.633. The van der Waals surface area contributed by atoms with E-state index in [1.54, 1.807) is 13.2 Å². The van der Waals surface area contributed by atoms with Crippen LogP contribution in [0.2, 0.25) is 0 Å². The van der Waals surface area contributed by atoms with Gasteiger partial charge in [0.25, 0.3) is 5.91 Å². The number of carbonyl (C=O) groups is 1. The number of anilines is 2. The molecule has 0 aromatic heterocycles. The molecule has 0 aliphatic carbocycles. The van der Waals surface area contributed by atoms with Gasteiger partial charge in [-0.05, 0) is 29.8 Å². The van der Waals surface area contributed by atoms with Gasteiger partial charge in [0.05, 0.1) is 18.9 Å². The van der Waals surface area contributed by atoms with Crippen molar-refractivity contribution in [2.45, 2.75) is 6.54 Å². The van der Waals surface area contributed by atoms with Crippen LogP contribution in [0.3, 0.4) is 0 Å². The highest BCUT2D eigenvalue weighted by molar-refractivity contribution is 5.98. The van der Waals surface area contributed by atoms with Gasteiger partial charge in [0.2, 0.25) is 0 Å². The Labute approximate surface area is 140 Å². The van der Waals surface area contributed by atoms with Crippen molar-refractivity contribution >= 4 is 17.3 Å². The molecule has 1 amide bonds. The SMILES string of the molecule is COc1ccc(CNc2ccc3c(c2)OCC(=O)N3CC#N)cc1. The maximum absolute atomic E-state index is 11.8. The number of methoxy groups -OCH3 is 1. The van der Waals surface area contributed by atoms with E-state index in [1.807, 2.05) is 42.5 Å². The van der Waals surface area contributed by atoms with Crippen LogP contribution < -0.4 is 19.7 Å². The molecule has 0 fully saturated rings. The molecule has 6 nitrogen and oxygen atoms in total. The summed E-state index contributed by atoms with van der Waals surface area (Å²) < 4.78 is 10.6. The van der Waals surface area contributed by atoms with E-state index in [0.717, 1.165) is 17.0 Å². The average molecular weight is 323 g/mol. The number of nitrogens with one attached hydrogen (secondary N) is 1. The van der Waals surface area contributed by atoms with Crippen LogP contribution >= 0.6 is 0 Å². The second-order valence-electron chi connectivity index (χ2n) is 5.31. The number of nitrogens with zero attached hydrogens (tertiary/aromatic N) is 2. The number of hydrogen-bond acceptors (Lipinski definition) is 5. The molecule has 0 radical (unpaired) electrons. The Kier molecular flexibility index (Phi) is 4.52. The van der Waals surface area contributed by atoms with Gasteiger partial charge < -0.3 is 14.8 Å². The first-order valence-electron chi connectivity index (χ1n) is 7.52. The first-order chi connectivity index (χ1) is 11.7. The Hall–Kier alpha value is -3.20. The van der Waals surface area contributed by atoms with Crippen LogP contribution in [-0.2, 0) is 11.3 Å². The van der Waals surface area contributed by atoms with Crippen molar-refractivity contribution in [1.82, 2.24) is 0 Å². The lowest BCUT2D eigenvalue weighted by molar-refractivity contribution is -0.121. The third-order valence-corrected chi connectivity index (χ3v) is 3.79. The van der Waals surface area contributed by atoms with Gasteiger partial charge in [-0.2, -0.15) is 5.26 Å². The molecule has 2 aromatic carbocycles. The third-order valence-electron chi connectivity index (χ3n) is 3.79. The first-order valence-corrected chi connectivity index (χ1v) is 7.52. The molecule has 0 saturated carbocycles. The van der Waals surface area contributed by atoms with Gasteiger partial charge in [-0.3, -0.25) is 9.69 Å². The Balaban J connectivity index is 1.71. The Morgan fingerprint density at radius 2 is 2.08 bits per heavy atom. The fourth-order valence-electron chi connectivity index (χ4n) is 2.51. The maximum atomic E-state index is 11.8. The monoisotopic (exact) mass is 323 g/mol. The van der Waals surface area contributed by atoms with Crippen molar-refractivity contribution in [3.05, 3.63) is 48.0 Å². The van der Waals surface area contributed by atoms with Crippen LogP contribution in [0, 0.1) is 11.3 Å². The van der Waals surface area contributed by atoms with Crippen molar-refractivity contribution < 1.29 is 14.3 Å². The van der Waals surface area contributed by atoms with E-state index >= 15 is 0 Å². The molecule has 24 heavy (non-hydrogen) atoms. The number of rotatable bonds is 5. The zero-order valence-corrected chi connectivity index (χ0v) is 13.3. The molecule has 0 bridgehead atoms. The zero-order valence-electron chi connectivity index (χ0n) is 13.3. The Bertz CT molecular complexity index is 781. The molecule has 0 spiro atoms. The van der Waals surface area contributed by atoms with E-state index in [1.165, 1.54) is 4.90 Å². The van der Waals surface area contributed by atoms with Gasteiger partial charge in [0, 0.05) is 18.3 Å². The highest BCUT2D eigenvalue weighted by Crippen LogP contribution is 2.34. The van der Waals surface area contributed by atoms with Gasteiger partial charge in [-0.15, -0.1) is 0 Å². The van der Waals surface area contributed by atoms with Crippen molar-refractivity contribution in [1.29, 1.82) is 5.26 Å². The lowest BCUT2D eigenvalue weighted by atomic mass is 10.2. The van der Waals surface area contributed by atoms with Gasteiger partial charge in [-0.1, -0.05) is 12.1 Å². The number of carbonyl (C=O) groups excluding carboxylic acids is 1. The second kappa shape index (κ2) is 6.92. The normalized spacial score (nSPS) is 12.8. The molecule has 0 saturated heterocycles. The van der Waals surface area contributed by atoms with E-state index in [4.69, 9.17) is 14.7 Å². The molecule has 1 aliphatic rings. The maximum Gasteiger partial charge on any atom is 0.265 e. The molecule has 1 N–H and O–H groups in total. The molecule has 122 valence electrons. The molecule has 6 heteroatoms. The highest BCUT2D eigenvalue weighted by atomic mass is 16.5. The van der Waals surface area contributed by atoms with Crippen LogP contribution in [0.15, 0.2) is 42.5 Å². The predicted octanol–water partition coefficient (Wildman–Crippen LogP) is 2.56. The van der Waals surface area contributed by atoms with Crippen LogP contribution in [0.25, 0.3) is 0 Å². The van der Waals surface area contributed by atoms with Crippen LogP contribution in [-0.4, -0.2) is 26.2 Å². The standard InChI is InChI=1S/C18H17N3O3/c1-23-15-5-2-13(3-6-15)11-20-14-4-7-16-17(10-14)24-12-18(22)21(16)9-8-19/h2-7,10,20H,9,11-12H2,1H3. The molecular weight excluding hydrogens is 306 g/mol. The Morgan fingerprint density at radius 3 is 2.79 bits per heavy atom. The highest BCUT2D eigenvalue weighted by Gasteiger charge is 2.25. The summed E-state index contributed by atoms with van der Waals surface area (Å²) in [5, 5.41) is 12.2. The van der Waals surface area contributed by atoms with E-state index in [9.17, 15) is 4.79 Å². The number of amides is 1. The van der Waals surface area contributed by atoms with E-state index in [2.05, 4.69) is 5.32 Å². The summed E-state index contributed by atoms with van der Waals surface area (Å²) >= 11 is 0. The summed E-state index contributed by atoms with van der Waals surface area (Å²) in [4.78, 5) is 13.3. The van der Waals surface area contributed by atoms with Crippen molar-refractivity contribution in [3.8, 4) is 17.6 Å². The second-order valence-corrected chi connectivity index (χ2v) is 5.31. The summed E-state index contributed by atoms with van der Waals surface area (Å²) in [6, 6.07) is 15.3. The number of fused-ring (bicyclic) bond motifs is 1. The molecular formula is C18H17N3O3. The quantitative estimate of drug-likeness (QED) is 0.856. The smallest absolute Gasteiger partial charge is 0.265 e. The van der Waals surface area contributed by atoms with E-state index in [-0.39, 0.29) is 19.1 Å². The van der Waals surface area contributed by atoms with Gasteiger partial charge >= 0.3 is 0 Å². The summed E-state index contributed by atoms with van der Waals surface area (Å²) in [5.41, 5.74) is 2.63. The number of hydrogen-bond donors (Lipinski definition) is 1. The van der Waals surface area contributed by atoms with Crippen LogP contribution in [0.1, 0.15) is 5.56 Å². The van der Waals surface area contributed by atoms with Gasteiger partial charge in [0.1, 0.15) is 18.0 Å². The van der Waals surface area contributed by atoms with Crippen LogP contribution in [0.5, 0.6) is 11.5 Å². The van der Waals surface area contributed by atoms with E-state index in [0.29, 0.717) is 18.0 Å². The van der Waals surface area contributed by atoms with E-state index < -0.39 is 0 Å². The summed E-state index contributed by atoms with van der Waals surface area (Å²) in [7, 11) is 1.64. The zero-order chi connectivity index (χ0) is 16.9.